The number of phosphoric acid groups is 1. The fourth-order valence-electron chi connectivity index (χ4n) is 7.36. The highest BCUT2D eigenvalue weighted by Crippen LogP contribution is 2.47. The molecule has 8 unspecified atom stereocenters. The number of carbonyl (C=O) groups is 1. The van der Waals surface area contributed by atoms with E-state index in [9.17, 15) is 50.0 Å². The summed E-state index contributed by atoms with van der Waals surface area (Å²) in [5.74, 6) is -0.593. The Morgan fingerprint density at radius 2 is 1.00 bits per heavy atom. The lowest BCUT2D eigenvalue weighted by Gasteiger charge is -2.41. The van der Waals surface area contributed by atoms with Gasteiger partial charge in [0.25, 0.3) is 0 Å². The summed E-state index contributed by atoms with van der Waals surface area (Å²) < 4.78 is 22.8. The molecule has 338 valence electrons. The van der Waals surface area contributed by atoms with Gasteiger partial charge in [-0.2, -0.15) is 0 Å². The van der Waals surface area contributed by atoms with Crippen LogP contribution in [0.5, 0.6) is 0 Å². The molecule has 9 N–H and O–H groups in total. The van der Waals surface area contributed by atoms with Crippen LogP contribution >= 0.6 is 7.82 Å². The molecule has 0 radical (unpaired) electrons. The summed E-state index contributed by atoms with van der Waals surface area (Å²) in [6, 6.07) is -1.23. The Morgan fingerprint density at radius 1 is 0.614 bits per heavy atom. The molecule has 1 amide bonds. The Kier molecular flexibility index (Phi) is 32.0. The van der Waals surface area contributed by atoms with E-state index in [2.05, 4.69) is 19.2 Å². The van der Waals surface area contributed by atoms with Crippen molar-refractivity contribution in [1.29, 1.82) is 0 Å². The van der Waals surface area contributed by atoms with Crippen LogP contribution in [-0.4, -0.2) is 108 Å². The second-order valence-electron chi connectivity index (χ2n) is 16.4. The van der Waals surface area contributed by atoms with Gasteiger partial charge in [0.05, 0.1) is 31.3 Å². The molecule has 0 heterocycles. The lowest BCUT2D eigenvalue weighted by Crippen LogP contribution is -2.64. The topological polar surface area (TPSA) is 226 Å². The van der Waals surface area contributed by atoms with Gasteiger partial charge in [0.2, 0.25) is 5.91 Å². The summed E-state index contributed by atoms with van der Waals surface area (Å²) >= 11 is 0. The van der Waals surface area contributed by atoms with Crippen LogP contribution in [0.2, 0.25) is 0 Å². The minimum absolute atomic E-state index is 0.241. The largest absolute Gasteiger partial charge is 0.472 e. The number of unbranched alkanes of at least 4 members (excludes halogenated alkanes) is 24. The highest BCUT2D eigenvalue weighted by atomic mass is 31.2. The Bertz CT molecular complexity index is 1040. The van der Waals surface area contributed by atoms with Crippen LogP contribution in [0.25, 0.3) is 0 Å². The lowest BCUT2D eigenvalue weighted by atomic mass is 9.85. The summed E-state index contributed by atoms with van der Waals surface area (Å²) in [4.78, 5) is 23.3. The highest BCUT2D eigenvalue weighted by molar-refractivity contribution is 7.47. The normalized spacial score (nSPS) is 24.0. The third-order valence-corrected chi connectivity index (χ3v) is 12.1. The molecule has 14 heteroatoms. The van der Waals surface area contributed by atoms with E-state index in [1.807, 2.05) is 0 Å². The third-order valence-electron chi connectivity index (χ3n) is 11.1. The quantitative estimate of drug-likeness (QED) is 0.0175. The Hall–Kier alpha value is -0.960. The summed E-state index contributed by atoms with van der Waals surface area (Å²) in [5.41, 5.74) is 0. The van der Waals surface area contributed by atoms with Crippen LogP contribution in [0, 0.1) is 0 Å². The third kappa shape index (κ3) is 26.1. The van der Waals surface area contributed by atoms with Gasteiger partial charge in [0.1, 0.15) is 36.6 Å². The van der Waals surface area contributed by atoms with Crippen molar-refractivity contribution >= 4 is 13.7 Å². The first-order valence-corrected chi connectivity index (χ1v) is 24.2. The van der Waals surface area contributed by atoms with Crippen LogP contribution in [0.3, 0.4) is 0 Å². The lowest BCUT2D eigenvalue weighted by molar-refractivity contribution is -0.220. The number of aliphatic hydroxyl groups is 7. The number of nitrogens with one attached hydrogen (secondary N) is 1. The van der Waals surface area contributed by atoms with Crippen molar-refractivity contribution in [2.24, 2.45) is 0 Å². The van der Waals surface area contributed by atoms with E-state index in [0.29, 0.717) is 12.8 Å². The van der Waals surface area contributed by atoms with Crippen molar-refractivity contribution in [2.45, 2.75) is 249 Å². The molecule has 1 aliphatic rings. The number of hydrogen-bond donors (Lipinski definition) is 9. The molecule has 0 aromatic carbocycles. The minimum Gasteiger partial charge on any atom is -0.393 e. The number of rotatable bonds is 37. The molecular weight excluding hydrogens is 753 g/mol. The zero-order chi connectivity index (χ0) is 42.3. The van der Waals surface area contributed by atoms with Crippen molar-refractivity contribution in [3.8, 4) is 0 Å². The summed E-state index contributed by atoms with van der Waals surface area (Å²) in [6.45, 7) is 3.71. The van der Waals surface area contributed by atoms with Crippen LogP contribution in [0.1, 0.15) is 194 Å². The van der Waals surface area contributed by atoms with Crippen LogP contribution in [0.15, 0.2) is 12.2 Å². The van der Waals surface area contributed by atoms with E-state index in [-0.39, 0.29) is 6.42 Å². The fourth-order valence-corrected chi connectivity index (χ4v) is 8.33. The number of amides is 1. The molecule has 1 aliphatic carbocycles. The maximum absolute atomic E-state index is 12.9. The smallest absolute Gasteiger partial charge is 0.393 e. The molecule has 1 rings (SSSR count). The highest BCUT2D eigenvalue weighted by Gasteiger charge is 2.51. The molecule has 0 aromatic heterocycles. The predicted molar refractivity (Wildman–Crippen MR) is 224 cm³/mol. The van der Waals surface area contributed by atoms with Gasteiger partial charge in [-0.3, -0.25) is 13.8 Å². The molecule has 0 aromatic rings. The Labute approximate surface area is 344 Å². The fraction of sp³-hybridized carbons (Fsp3) is 0.930. The number of phosphoric ester groups is 1. The summed E-state index contributed by atoms with van der Waals surface area (Å²) in [7, 11) is -5.13. The van der Waals surface area contributed by atoms with E-state index < -0.39 is 75.2 Å². The van der Waals surface area contributed by atoms with E-state index in [4.69, 9.17) is 9.05 Å². The second kappa shape index (κ2) is 33.7. The SMILES string of the molecule is CCCCCCCCCCCCCCCCCC/C=C/C(O)C(COP(=O)(O)OC1C(O)C(O)C(O)C(O)C1O)NC(=O)CC(O)CCCCCCCCCCC. The molecule has 1 fully saturated rings. The van der Waals surface area contributed by atoms with Crippen molar-refractivity contribution in [1.82, 2.24) is 5.32 Å². The number of aliphatic hydroxyl groups excluding tert-OH is 7. The van der Waals surface area contributed by atoms with Gasteiger partial charge >= 0.3 is 7.82 Å². The van der Waals surface area contributed by atoms with E-state index in [0.717, 1.165) is 44.9 Å². The zero-order valence-corrected chi connectivity index (χ0v) is 36.4. The summed E-state index contributed by atoms with van der Waals surface area (Å²) in [5, 5.41) is 74.3. The monoisotopic (exact) mass is 838 g/mol. The van der Waals surface area contributed by atoms with Gasteiger partial charge in [-0.15, -0.1) is 0 Å². The van der Waals surface area contributed by atoms with Gasteiger partial charge in [-0.1, -0.05) is 180 Å². The summed E-state index contributed by atoms with van der Waals surface area (Å²) in [6.07, 6.45) is 20.3. The molecule has 13 nitrogen and oxygen atoms in total. The van der Waals surface area contributed by atoms with Gasteiger partial charge in [-0.25, -0.2) is 4.57 Å². The molecule has 0 spiro atoms. The number of hydrogen-bond acceptors (Lipinski definition) is 11. The van der Waals surface area contributed by atoms with Crippen LogP contribution in [-0.2, 0) is 18.4 Å². The van der Waals surface area contributed by atoms with Crippen LogP contribution < -0.4 is 5.32 Å². The first-order valence-electron chi connectivity index (χ1n) is 22.7. The average Bonchev–Trinajstić information content (AvgIpc) is 3.18. The molecule has 0 bridgehead atoms. The van der Waals surface area contributed by atoms with Gasteiger partial charge in [0, 0.05) is 0 Å². The first kappa shape index (κ1) is 54.1. The molecular formula is C43H84NO12P. The molecule has 0 saturated heterocycles. The molecule has 0 aliphatic heterocycles. The van der Waals surface area contributed by atoms with E-state index in [1.165, 1.54) is 122 Å². The second-order valence-corrected chi connectivity index (χ2v) is 17.9. The van der Waals surface area contributed by atoms with Gasteiger partial charge in [-0.05, 0) is 19.3 Å². The predicted octanol–water partition coefficient (Wildman–Crippen LogP) is 7.03. The number of allylic oxidation sites excluding steroid dienone is 1. The Balaban J connectivity index is 2.55. The standard InChI is InChI=1S/C43H84NO12P/c1-3-5-7-9-11-13-14-15-16-17-18-19-20-21-23-25-27-29-31-36(46)35(44-37(47)32-34(45)30-28-26-24-22-12-10-8-6-4-2)33-55-57(53,54)56-43-41(51)39(49)38(48)40(50)42(43)52/h29,31,34-36,38-43,45-46,48-52H,3-28,30,32-33H2,1-2H3,(H,44,47)(H,53,54)/b31-29+. The minimum atomic E-state index is -5.13. The van der Waals surface area contributed by atoms with Gasteiger partial charge < -0.3 is 46.0 Å². The first-order chi connectivity index (χ1) is 27.3. The maximum Gasteiger partial charge on any atom is 0.472 e. The van der Waals surface area contributed by atoms with Crippen molar-refractivity contribution in [2.75, 3.05) is 6.61 Å². The van der Waals surface area contributed by atoms with E-state index >= 15 is 0 Å². The molecule has 57 heavy (non-hydrogen) atoms. The number of carbonyl (C=O) groups excluding carboxylic acids is 1. The van der Waals surface area contributed by atoms with Crippen molar-refractivity contribution in [3.63, 3.8) is 0 Å². The maximum atomic E-state index is 12.9. The Morgan fingerprint density at radius 3 is 1.44 bits per heavy atom. The van der Waals surface area contributed by atoms with Crippen molar-refractivity contribution in [3.05, 3.63) is 12.2 Å². The average molecular weight is 838 g/mol. The van der Waals surface area contributed by atoms with Gasteiger partial charge in [0.15, 0.2) is 0 Å². The molecule has 8 atom stereocenters. The zero-order valence-electron chi connectivity index (χ0n) is 35.5. The molecule has 1 saturated carbocycles. The van der Waals surface area contributed by atoms with E-state index in [1.54, 1.807) is 6.08 Å². The van der Waals surface area contributed by atoms with Crippen molar-refractivity contribution < 1.29 is 59.0 Å². The van der Waals surface area contributed by atoms with Crippen LogP contribution in [0.4, 0.5) is 0 Å².